The first-order valence-corrected chi connectivity index (χ1v) is 6.61. The number of benzene rings is 1. The molecule has 1 aromatic carbocycles. The maximum Gasteiger partial charge on any atom is 0.159 e. The molecule has 0 N–H and O–H groups in total. The minimum absolute atomic E-state index is 0.0350. The van der Waals surface area contributed by atoms with E-state index in [1.54, 1.807) is 26.2 Å². The van der Waals surface area contributed by atoms with E-state index >= 15 is 0 Å². The molecule has 0 atom stereocenters. The number of ether oxygens (including phenoxy) is 1. The quantitative estimate of drug-likeness (QED) is 0.593. The van der Waals surface area contributed by atoms with Crippen molar-refractivity contribution in [2.75, 3.05) is 7.11 Å². The number of carbonyl (C=O) groups excluding carboxylic acids is 1. The van der Waals surface area contributed by atoms with Crippen molar-refractivity contribution in [3.8, 4) is 17.6 Å². The summed E-state index contributed by atoms with van der Waals surface area (Å²) < 4.78 is 5.30. The third-order valence-electron chi connectivity index (χ3n) is 3.26. The fourth-order valence-corrected chi connectivity index (χ4v) is 2.11. The molecule has 2 nitrogen and oxygen atoms in total. The maximum absolute atomic E-state index is 11.3. The van der Waals surface area contributed by atoms with Crippen LogP contribution >= 0.6 is 0 Å². The van der Waals surface area contributed by atoms with Gasteiger partial charge in [-0.25, -0.2) is 0 Å². The van der Waals surface area contributed by atoms with Crippen LogP contribution in [-0.4, -0.2) is 12.9 Å². The highest BCUT2D eigenvalue weighted by Crippen LogP contribution is 2.21. The molecule has 2 rings (SSSR count). The van der Waals surface area contributed by atoms with Crippen molar-refractivity contribution >= 4 is 5.78 Å². The fraction of sp³-hybridized carbons (Fsp3) is 0.353. The number of methoxy groups -OCH3 is 1. The third kappa shape index (κ3) is 3.48. The number of carbonyl (C=O) groups is 1. The van der Waals surface area contributed by atoms with Gasteiger partial charge in [0.2, 0.25) is 0 Å². The predicted octanol–water partition coefficient (Wildman–Crippen LogP) is 3.75. The summed E-state index contributed by atoms with van der Waals surface area (Å²) in [5.74, 6) is 7.05. The van der Waals surface area contributed by atoms with Crippen LogP contribution in [0.15, 0.2) is 29.8 Å². The molecule has 1 aliphatic rings. The van der Waals surface area contributed by atoms with E-state index in [9.17, 15) is 4.79 Å². The Labute approximate surface area is 114 Å². The number of rotatable bonds is 2. The molecule has 19 heavy (non-hydrogen) atoms. The van der Waals surface area contributed by atoms with Crippen molar-refractivity contribution in [3.05, 3.63) is 41.0 Å². The van der Waals surface area contributed by atoms with Crippen molar-refractivity contribution in [3.63, 3.8) is 0 Å². The van der Waals surface area contributed by atoms with Crippen LogP contribution in [0.4, 0.5) is 0 Å². The first-order valence-electron chi connectivity index (χ1n) is 6.61. The number of Topliss-reactive ketones (excluding diaryl/α,β-unsaturated/α-hetero) is 1. The highest BCUT2D eigenvalue weighted by Gasteiger charge is 2.06. The molecule has 0 amide bonds. The monoisotopic (exact) mass is 254 g/mol. The van der Waals surface area contributed by atoms with Gasteiger partial charge in [0.05, 0.1) is 12.7 Å². The Kier molecular flexibility index (Phi) is 4.41. The van der Waals surface area contributed by atoms with Gasteiger partial charge in [-0.1, -0.05) is 17.9 Å². The van der Waals surface area contributed by atoms with E-state index < -0.39 is 0 Å². The van der Waals surface area contributed by atoms with E-state index in [0.717, 1.165) is 18.4 Å². The number of ketones is 1. The third-order valence-corrected chi connectivity index (χ3v) is 3.26. The van der Waals surface area contributed by atoms with E-state index in [-0.39, 0.29) is 5.78 Å². The average molecular weight is 254 g/mol. The van der Waals surface area contributed by atoms with Crippen molar-refractivity contribution in [2.24, 2.45) is 0 Å². The van der Waals surface area contributed by atoms with Crippen LogP contribution in [0, 0.1) is 11.8 Å². The summed E-state index contributed by atoms with van der Waals surface area (Å²) in [6, 6.07) is 5.40. The Morgan fingerprint density at radius 3 is 2.74 bits per heavy atom. The lowest BCUT2D eigenvalue weighted by Crippen LogP contribution is -1.95. The Balaban J connectivity index is 2.27. The van der Waals surface area contributed by atoms with Gasteiger partial charge < -0.3 is 4.74 Å². The van der Waals surface area contributed by atoms with Gasteiger partial charge in [-0.2, -0.15) is 0 Å². The van der Waals surface area contributed by atoms with E-state index in [1.165, 1.54) is 18.4 Å². The molecule has 0 fully saturated rings. The zero-order chi connectivity index (χ0) is 13.7. The second-order valence-corrected chi connectivity index (χ2v) is 4.70. The second-order valence-electron chi connectivity index (χ2n) is 4.70. The zero-order valence-electron chi connectivity index (χ0n) is 11.5. The van der Waals surface area contributed by atoms with E-state index in [4.69, 9.17) is 4.74 Å². The Morgan fingerprint density at radius 2 is 2.11 bits per heavy atom. The van der Waals surface area contributed by atoms with Crippen LogP contribution in [0.3, 0.4) is 0 Å². The molecule has 0 radical (unpaired) electrons. The summed E-state index contributed by atoms with van der Waals surface area (Å²) in [5, 5.41) is 0. The summed E-state index contributed by atoms with van der Waals surface area (Å²) in [6.45, 7) is 1.55. The summed E-state index contributed by atoms with van der Waals surface area (Å²) >= 11 is 0. The number of allylic oxidation sites excluding steroid dienone is 2. The first kappa shape index (κ1) is 13.4. The summed E-state index contributed by atoms with van der Waals surface area (Å²) in [6.07, 6.45) is 6.90. The SMILES string of the molecule is COc1cc(C(C)=O)ccc1C#CC1=CCCCC1. The molecule has 2 heteroatoms. The Bertz CT molecular complexity index is 571. The molecule has 0 aliphatic heterocycles. The first-order chi connectivity index (χ1) is 9.20. The van der Waals surface area contributed by atoms with E-state index in [1.807, 2.05) is 6.07 Å². The van der Waals surface area contributed by atoms with Gasteiger partial charge in [-0.05, 0) is 56.4 Å². The van der Waals surface area contributed by atoms with Gasteiger partial charge in [-0.3, -0.25) is 4.79 Å². The maximum atomic E-state index is 11.3. The lowest BCUT2D eigenvalue weighted by atomic mass is 9.99. The normalized spacial score (nSPS) is 14.1. The van der Waals surface area contributed by atoms with Crippen LogP contribution < -0.4 is 4.74 Å². The molecule has 0 aromatic heterocycles. The Hall–Kier alpha value is -2.01. The van der Waals surface area contributed by atoms with Gasteiger partial charge in [0, 0.05) is 5.56 Å². The highest BCUT2D eigenvalue weighted by molar-refractivity contribution is 5.94. The molecular formula is C17H18O2. The average Bonchev–Trinajstić information content (AvgIpc) is 2.45. The van der Waals surface area contributed by atoms with Gasteiger partial charge in [-0.15, -0.1) is 0 Å². The number of hydrogen-bond donors (Lipinski definition) is 0. The Morgan fingerprint density at radius 1 is 1.26 bits per heavy atom. The minimum Gasteiger partial charge on any atom is -0.495 e. The predicted molar refractivity (Wildman–Crippen MR) is 76.4 cm³/mol. The van der Waals surface area contributed by atoms with E-state index in [0.29, 0.717) is 11.3 Å². The van der Waals surface area contributed by atoms with Crippen molar-refractivity contribution in [1.82, 2.24) is 0 Å². The standard InChI is InChI=1S/C17H18O2/c1-13(18)16-11-10-15(17(12-16)19-2)9-8-14-6-4-3-5-7-14/h6,10-12H,3-5,7H2,1-2H3. The molecule has 0 bridgehead atoms. The minimum atomic E-state index is 0.0350. The summed E-state index contributed by atoms with van der Waals surface area (Å²) in [7, 11) is 1.60. The van der Waals surface area contributed by atoms with Crippen LogP contribution in [0.5, 0.6) is 5.75 Å². The molecule has 0 saturated carbocycles. The molecule has 0 unspecified atom stereocenters. The van der Waals surface area contributed by atoms with Crippen LogP contribution in [0.1, 0.15) is 48.5 Å². The van der Waals surface area contributed by atoms with Crippen molar-refractivity contribution in [2.45, 2.75) is 32.6 Å². The molecule has 0 spiro atoms. The fourth-order valence-electron chi connectivity index (χ4n) is 2.11. The largest absolute Gasteiger partial charge is 0.495 e. The number of hydrogen-bond acceptors (Lipinski definition) is 2. The van der Waals surface area contributed by atoms with Gasteiger partial charge in [0.1, 0.15) is 5.75 Å². The van der Waals surface area contributed by atoms with Crippen LogP contribution in [-0.2, 0) is 0 Å². The molecule has 0 heterocycles. The zero-order valence-corrected chi connectivity index (χ0v) is 11.5. The lowest BCUT2D eigenvalue weighted by molar-refractivity contribution is 0.101. The van der Waals surface area contributed by atoms with Crippen molar-refractivity contribution < 1.29 is 9.53 Å². The lowest BCUT2D eigenvalue weighted by Gasteiger charge is -2.07. The molecule has 98 valence electrons. The van der Waals surface area contributed by atoms with Gasteiger partial charge in [0.15, 0.2) is 5.78 Å². The summed E-state index contributed by atoms with van der Waals surface area (Å²) in [5.41, 5.74) is 2.70. The topological polar surface area (TPSA) is 26.3 Å². The smallest absolute Gasteiger partial charge is 0.159 e. The van der Waals surface area contributed by atoms with Gasteiger partial charge >= 0.3 is 0 Å². The molecule has 1 aliphatic carbocycles. The molecular weight excluding hydrogens is 236 g/mol. The molecule has 1 aromatic rings. The van der Waals surface area contributed by atoms with E-state index in [2.05, 4.69) is 17.9 Å². The van der Waals surface area contributed by atoms with Crippen molar-refractivity contribution in [1.29, 1.82) is 0 Å². The second kappa shape index (κ2) is 6.24. The van der Waals surface area contributed by atoms with Crippen LogP contribution in [0.2, 0.25) is 0 Å². The molecule has 0 saturated heterocycles. The van der Waals surface area contributed by atoms with Crippen LogP contribution in [0.25, 0.3) is 0 Å². The van der Waals surface area contributed by atoms with Gasteiger partial charge in [0.25, 0.3) is 0 Å². The summed E-state index contributed by atoms with van der Waals surface area (Å²) in [4.78, 5) is 11.3. The highest BCUT2D eigenvalue weighted by atomic mass is 16.5.